The van der Waals surface area contributed by atoms with Crippen LogP contribution >= 0.6 is 11.3 Å². The molecule has 0 N–H and O–H groups in total. The van der Waals surface area contributed by atoms with E-state index in [2.05, 4.69) is 9.98 Å². The molecule has 124 valence electrons. The molecule has 0 fully saturated rings. The molecule has 0 atom stereocenters. The zero-order chi connectivity index (χ0) is 17.1. The van der Waals surface area contributed by atoms with E-state index in [1.54, 1.807) is 19.4 Å². The van der Waals surface area contributed by atoms with Gasteiger partial charge < -0.3 is 9.30 Å². The van der Waals surface area contributed by atoms with Crippen LogP contribution in [-0.2, 0) is 11.3 Å². The van der Waals surface area contributed by atoms with E-state index < -0.39 is 0 Å². The van der Waals surface area contributed by atoms with Gasteiger partial charge >= 0.3 is 0 Å². The third kappa shape index (κ3) is 3.16. The first kappa shape index (κ1) is 16.5. The number of benzene rings is 1. The summed E-state index contributed by atoms with van der Waals surface area (Å²) in [6.45, 7) is 5.33. The number of amides is 1. The van der Waals surface area contributed by atoms with Gasteiger partial charge in [0.25, 0.3) is 5.91 Å². The number of aromatic nitrogens is 2. The summed E-state index contributed by atoms with van der Waals surface area (Å²) in [6.07, 6.45) is 1.72. The smallest absolute Gasteiger partial charge is 0.280 e. The minimum atomic E-state index is -0.249. The van der Waals surface area contributed by atoms with Crippen molar-refractivity contribution >= 4 is 28.1 Å². The summed E-state index contributed by atoms with van der Waals surface area (Å²) in [4.78, 5) is 23.3. The molecule has 0 bridgehead atoms. The molecular formula is C18H19N3O2S. The second-order valence-corrected chi connectivity index (χ2v) is 6.64. The van der Waals surface area contributed by atoms with E-state index >= 15 is 0 Å². The summed E-state index contributed by atoms with van der Waals surface area (Å²) < 4.78 is 7.19. The lowest BCUT2D eigenvalue weighted by Crippen LogP contribution is -2.20. The van der Waals surface area contributed by atoms with Crippen molar-refractivity contribution in [2.75, 3.05) is 13.7 Å². The number of fused-ring (bicyclic) bond motifs is 1. The monoisotopic (exact) mass is 341 g/mol. The Kier molecular flexibility index (Phi) is 4.87. The van der Waals surface area contributed by atoms with Crippen LogP contribution in [0.15, 0.2) is 41.5 Å². The van der Waals surface area contributed by atoms with Gasteiger partial charge in [0.15, 0.2) is 4.80 Å². The number of nitrogens with zero attached hydrogens (tertiary/aromatic N) is 3. The molecule has 5 nitrogen and oxygen atoms in total. The molecule has 0 radical (unpaired) electrons. The lowest BCUT2D eigenvalue weighted by atomic mass is 10.1. The molecule has 6 heteroatoms. The molecular weight excluding hydrogens is 322 g/mol. The van der Waals surface area contributed by atoms with Gasteiger partial charge in [0.2, 0.25) is 0 Å². The Balaban J connectivity index is 2.08. The van der Waals surface area contributed by atoms with Crippen LogP contribution in [0.25, 0.3) is 10.9 Å². The van der Waals surface area contributed by atoms with Crippen molar-refractivity contribution in [3.05, 3.63) is 57.5 Å². The van der Waals surface area contributed by atoms with Crippen molar-refractivity contribution < 1.29 is 9.53 Å². The third-order valence-corrected chi connectivity index (χ3v) is 5.08. The second kappa shape index (κ2) is 7.07. The summed E-state index contributed by atoms with van der Waals surface area (Å²) in [5.41, 5.74) is 2.48. The minimum Gasteiger partial charge on any atom is -0.383 e. The largest absolute Gasteiger partial charge is 0.383 e. The number of aryl methyl sites for hydroxylation is 1. The maximum atomic E-state index is 12.7. The van der Waals surface area contributed by atoms with Crippen LogP contribution < -0.4 is 4.80 Å². The minimum absolute atomic E-state index is 0.249. The van der Waals surface area contributed by atoms with E-state index in [0.717, 1.165) is 21.5 Å². The first-order valence-corrected chi connectivity index (χ1v) is 8.52. The van der Waals surface area contributed by atoms with Gasteiger partial charge in [0, 0.05) is 35.8 Å². The van der Waals surface area contributed by atoms with Gasteiger partial charge in [-0.2, -0.15) is 4.99 Å². The van der Waals surface area contributed by atoms with E-state index in [1.165, 1.54) is 11.3 Å². The van der Waals surface area contributed by atoms with Gasteiger partial charge in [-0.05, 0) is 32.0 Å². The zero-order valence-electron chi connectivity index (χ0n) is 13.9. The highest BCUT2D eigenvalue weighted by molar-refractivity contribution is 7.09. The van der Waals surface area contributed by atoms with Crippen molar-refractivity contribution in [2.45, 2.75) is 20.4 Å². The van der Waals surface area contributed by atoms with Gasteiger partial charge in [-0.15, -0.1) is 11.3 Å². The molecule has 0 saturated heterocycles. The Morgan fingerprint density at radius 1 is 1.29 bits per heavy atom. The van der Waals surface area contributed by atoms with Crippen molar-refractivity contribution in [2.24, 2.45) is 4.99 Å². The highest BCUT2D eigenvalue weighted by Gasteiger charge is 2.12. The Morgan fingerprint density at radius 2 is 2.12 bits per heavy atom. The predicted molar refractivity (Wildman–Crippen MR) is 95.3 cm³/mol. The normalized spacial score (nSPS) is 12.0. The van der Waals surface area contributed by atoms with Crippen LogP contribution in [0.1, 0.15) is 20.9 Å². The SMILES string of the molecule is COCCn1c(C)c(C)sc1=NC(=O)c1cccc2ncccc12. The molecule has 3 rings (SSSR count). The van der Waals surface area contributed by atoms with Crippen molar-refractivity contribution in [3.8, 4) is 0 Å². The van der Waals surface area contributed by atoms with Gasteiger partial charge in [-0.3, -0.25) is 9.78 Å². The van der Waals surface area contributed by atoms with Crippen LogP contribution in [0.4, 0.5) is 0 Å². The van der Waals surface area contributed by atoms with Crippen LogP contribution in [0.5, 0.6) is 0 Å². The summed E-state index contributed by atoms with van der Waals surface area (Å²) in [5, 5.41) is 0.821. The van der Waals surface area contributed by atoms with Crippen molar-refractivity contribution in [3.63, 3.8) is 0 Å². The molecule has 0 aliphatic rings. The fraction of sp³-hybridized carbons (Fsp3) is 0.278. The molecule has 0 unspecified atom stereocenters. The predicted octanol–water partition coefficient (Wildman–Crippen LogP) is 3.10. The van der Waals surface area contributed by atoms with Crippen LogP contribution in [-0.4, -0.2) is 29.2 Å². The third-order valence-electron chi connectivity index (χ3n) is 3.98. The highest BCUT2D eigenvalue weighted by atomic mass is 32.1. The first-order chi connectivity index (χ1) is 11.6. The maximum Gasteiger partial charge on any atom is 0.280 e. The summed E-state index contributed by atoms with van der Waals surface area (Å²) >= 11 is 1.52. The fourth-order valence-corrected chi connectivity index (χ4v) is 3.56. The number of carbonyl (C=O) groups excluding carboxylic acids is 1. The van der Waals surface area contributed by atoms with Crippen LogP contribution in [0.3, 0.4) is 0 Å². The van der Waals surface area contributed by atoms with Gasteiger partial charge in [0.1, 0.15) is 0 Å². The zero-order valence-corrected chi connectivity index (χ0v) is 14.8. The lowest BCUT2D eigenvalue weighted by Gasteiger charge is -2.05. The topological polar surface area (TPSA) is 56.5 Å². The van der Waals surface area contributed by atoms with Crippen LogP contribution in [0, 0.1) is 13.8 Å². The summed E-state index contributed by atoms with van der Waals surface area (Å²) in [7, 11) is 1.67. The lowest BCUT2D eigenvalue weighted by molar-refractivity contribution is 0.0998. The molecule has 1 amide bonds. The quantitative estimate of drug-likeness (QED) is 0.733. The second-order valence-electron chi connectivity index (χ2n) is 5.46. The molecule has 0 spiro atoms. The number of methoxy groups -OCH3 is 1. The van der Waals surface area contributed by atoms with E-state index in [-0.39, 0.29) is 5.91 Å². The molecule has 3 aromatic rings. The number of carbonyl (C=O) groups is 1. The number of pyridine rings is 1. The number of hydrogen-bond acceptors (Lipinski definition) is 4. The van der Waals surface area contributed by atoms with E-state index in [1.807, 2.05) is 42.7 Å². The van der Waals surface area contributed by atoms with Gasteiger partial charge in [-0.25, -0.2) is 0 Å². The van der Waals surface area contributed by atoms with Crippen molar-refractivity contribution in [1.29, 1.82) is 0 Å². The van der Waals surface area contributed by atoms with Gasteiger partial charge in [-0.1, -0.05) is 12.1 Å². The number of hydrogen-bond donors (Lipinski definition) is 0. The molecule has 2 aromatic heterocycles. The number of ether oxygens (including phenoxy) is 1. The maximum absolute atomic E-state index is 12.7. The Morgan fingerprint density at radius 3 is 2.92 bits per heavy atom. The van der Waals surface area contributed by atoms with Crippen LogP contribution in [0.2, 0.25) is 0 Å². The number of thiazole rings is 1. The number of rotatable bonds is 4. The van der Waals surface area contributed by atoms with E-state index in [9.17, 15) is 4.79 Å². The average molecular weight is 341 g/mol. The first-order valence-electron chi connectivity index (χ1n) is 7.70. The highest BCUT2D eigenvalue weighted by Crippen LogP contribution is 2.17. The Labute approximate surface area is 144 Å². The average Bonchev–Trinajstić information content (AvgIpc) is 2.86. The molecule has 0 saturated carbocycles. The summed E-state index contributed by atoms with van der Waals surface area (Å²) in [5.74, 6) is -0.249. The Bertz CT molecular complexity index is 951. The fourth-order valence-electron chi connectivity index (χ4n) is 2.57. The molecule has 0 aliphatic heterocycles. The standard InChI is InChI=1S/C18H19N3O2S/c1-12-13(2)24-18(21(12)10-11-23-3)20-17(22)15-6-4-8-16-14(15)7-5-9-19-16/h4-9H,10-11H2,1-3H3. The van der Waals surface area contributed by atoms with E-state index in [4.69, 9.17) is 4.74 Å². The summed E-state index contributed by atoms with van der Waals surface area (Å²) in [6, 6.07) is 9.25. The Hall–Kier alpha value is -2.31. The molecule has 1 aromatic carbocycles. The van der Waals surface area contributed by atoms with E-state index in [0.29, 0.717) is 23.5 Å². The van der Waals surface area contributed by atoms with Gasteiger partial charge in [0.05, 0.1) is 17.7 Å². The molecule has 0 aliphatic carbocycles. The van der Waals surface area contributed by atoms with Crippen molar-refractivity contribution in [1.82, 2.24) is 9.55 Å². The molecule has 24 heavy (non-hydrogen) atoms. The molecule has 2 heterocycles.